The molecule has 2 saturated heterocycles. The summed E-state index contributed by atoms with van der Waals surface area (Å²) in [5, 5.41) is 10.0. The van der Waals surface area contributed by atoms with Gasteiger partial charge in [-0.3, -0.25) is 9.69 Å². The lowest BCUT2D eigenvalue weighted by Gasteiger charge is -2.44. The van der Waals surface area contributed by atoms with Gasteiger partial charge in [0, 0.05) is 44.8 Å². The number of hydrogen-bond donors (Lipinski definition) is 3. The van der Waals surface area contributed by atoms with Crippen LogP contribution in [0.2, 0.25) is 0 Å². The predicted octanol–water partition coefficient (Wildman–Crippen LogP) is 0.444. The van der Waals surface area contributed by atoms with E-state index in [1.54, 1.807) is 0 Å². The quantitative estimate of drug-likeness (QED) is 0.376. The number of carbonyl (C=O) groups excluding carboxylic acids is 1. The van der Waals surface area contributed by atoms with Gasteiger partial charge in [-0.2, -0.15) is 0 Å². The summed E-state index contributed by atoms with van der Waals surface area (Å²) in [6.07, 6.45) is 4.00. The summed E-state index contributed by atoms with van der Waals surface area (Å²) in [5.41, 5.74) is 7.25. The van der Waals surface area contributed by atoms with Crippen LogP contribution in [-0.4, -0.2) is 57.5 Å². The number of hydrazine groups is 1. The smallest absolute Gasteiger partial charge is 0.353 e. The van der Waals surface area contributed by atoms with Crippen LogP contribution in [0.4, 0.5) is 0 Å². The van der Waals surface area contributed by atoms with Gasteiger partial charge in [-0.15, -0.1) is 0 Å². The molecule has 5 N–H and O–H groups in total. The van der Waals surface area contributed by atoms with Crippen LogP contribution >= 0.6 is 0 Å². The second-order valence-electron chi connectivity index (χ2n) is 7.25. The van der Waals surface area contributed by atoms with E-state index in [0.29, 0.717) is 24.9 Å². The number of amides is 1. The highest BCUT2D eigenvalue weighted by molar-refractivity contribution is 5.85. The monoisotopic (exact) mass is 373 g/mol. The molecule has 0 spiro atoms. The van der Waals surface area contributed by atoms with Crippen molar-refractivity contribution in [2.24, 2.45) is 11.6 Å². The first-order valence-electron chi connectivity index (χ1n) is 9.24. The molecule has 0 bridgehead atoms. The summed E-state index contributed by atoms with van der Waals surface area (Å²) >= 11 is 0. The van der Waals surface area contributed by atoms with E-state index in [1.165, 1.54) is 16.8 Å². The van der Waals surface area contributed by atoms with Gasteiger partial charge in [0.15, 0.2) is 0 Å². The summed E-state index contributed by atoms with van der Waals surface area (Å²) in [7, 11) is 0. The molecule has 8 heteroatoms. The second kappa shape index (κ2) is 8.41. The molecule has 8 nitrogen and oxygen atoms in total. The number of fused-ring (bicyclic) bond motifs is 1. The number of carbonyl (C=O) groups is 2. The zero-order valence-corrected chi connectivity index (χ0v) is 15.4. The van der Waals surface area contributed by atoms with Crippen molar-refractivity contribution < 1.29 is 14.7 Å². The number of nitrogens with zero attached hydrogens (tertiary/aromatic N) is 3. The van der Waals surface area contributed by atoms with Crippen LogP contribution in [-0.2, 0) is 22.7 Å². The van der Waals surface area contributed by atoms with Gasteiger partial charge in [-0.05, 0) is 24.0 Å². The second-order valence-corrected chi connectivity index (χ2v) is 7.25. The molecule has 1 atom stereocenters. The van der Waals surface area contributed by atoms with Gasteiger partial charge in [0.05, 0.1) is 6.54 Å². The van der Waals surface area contributed by atoms with E-state index in [2.05, 4.69) is 21.9 Å². The van der Waals surface area contributed by atoms with Gasteiger partial charge in [-0.25, -0.2) is 10.6 Å². The molecule has 0 aromatic heterocycles. The molecule has 1 amide bonds. The van der Waals surface area contributed by atoms with Gasteiger partial charge >= 0.3 is 5.97 Å². The molecule has 2 aliphatic rings. The molecular weight excluding hydrogens is 346 g/mol. The van der Waals surface area contributed by atoms with Crippen LogP contribution in [0.1, 0.15) is 30.4 Å². The molecule has 27 heavy (non-hydrogen) atoms. The number of carboxylic acid groups (broad SMARTS) is 1. The van der Waals surface area contributed by atoms with Crippen LogP contribution in [0.3, 0.4) is 0 Å². The molecule has 2 aliphatic heterocycles. The van der Waals surface area contributed by atoms with E-state index >= 15 is 0 Å². The number of carboxylic acids is 1. The third-order valence-corrected chi connectivity index (χ3v) is 5.16. The maximum atomic E-state index is 12.0. The molecule has 146 valence electrons. The Morgan fingerprint density at radius 3 is 2.67 bits per heavy atom. The first kappa shape index (κ1) is 19.2. The van der Waals surface area contributed by atoms with E-state index in [-0.39, 0.29) is 5.70 Å². The van der Waals surface area contributed by atoms with Crippen molar-refractivity contribution in [1.82, 2.24) is 14.8 Å². The van der Waals surface area contributed by atoms with E-state index in [4.69, 9.17) is 16.7 Å². The Hall–Kier alpha value is -2.58. The Labute approximate surface area is 159 Å². The first-order valence-corrected chi connectivity index (χ1v) is 9.24. The lowest BCUT2D eigenvalue weighted by molar-refractivity contribution is -0.139. The van der Waals surface area contributed by atoms with Crippen molar-refractivity contribution >= 4 is 11.9 Å². The number of nitrogens with two attached hydrogens (primary N) is 2. The molecule has 0 aliphatic carbocycles. The summed E-state index contributed by atoms with van der Waals surface area (Å²) in [5.74, 6) is 4.89. The highest BCUT2D eigenvalue weighted by atomic mass is 16.4. The van der Waals surface area contributed by atoms with Crippen molar-refractivity contribution in [3.8, 4) is 0 Å². The van der Waals surface area contributed by atoms with Crippen molar-refractivity contribution in [3.05, 3.63) is 47.3 Å². The number of aliphatic carboxylic acids is 1. The van der Waals surface area contributed by atoms with Crippen LogP contribution in [0, 0.1) is 0 Å². The first-order chi connectivity index (χ1) is 12.9. The largest absolute Gasteiger partial charge is 0.477 e. The van der Waals surface area contributed by atoms with Crippen LogP contribution in [0.25, 0.3) is 0 Å². The average Bonchev–Trinajstić information content (AvgIpc) is 2.63. The number of hydrogen-bond acceptors (Lipinski definition) is 6. The third-order valence-electron chi connectivity index (χ3n) is 5.16. The van der Waals surface area contributed by atoms with Crippen molar-refractivity contribution in [2.45, 2.75) is 38.4 Å². The Kier molecular flexibility index (Phi) is 5.98. The van der Waals surface area contributed by atoms with E-state index in [0.717, 1.165) is 44.6 Å². The Morgan fingerprint density at radius 2 is 1.96 bits per heavy atom. The molecule has 1 aromatic rings. The van der Waals surface area contributed by atoms with Crippen molar-refractivity contribution in [2.75, 3.05) is 19.6 Å². The van der Waals surface area contributed by atoms with E-state index in [1.807, 2.05) is 12.1 Å². The standard InChI is InChI=1S/C19H27N5O3/c20-17(19(26)27)13-23(21)11-15-6-4-14(5-7-15)10-22-8-9-24-16(12-22)2-1-3-18(24)25/h4-7,13,16H,1-3,8-12,20-21H2,(H,26,27)/b17-13-. The van der Waals surface area contributed by atoms with Gasteiger partial charge in [0.1, 0.15) is 5.70 Å². The topological polar surface area (TPSA) is 116 Å². The summed E-state index contributed by atoms with van der Waals surface area (Å²) < 4.78 is 0. The Bertz CT molecular complexity index is 719. The van der Waals surface area contributed by atoms with Crippen molar-refractivity contribution in [3.63, 3.8) is 0 Å². The molecule has 3 rings (SSSR count). The molecule has 0 radical (unpaired) electrons. The Balaban J connectivity index is 1.53. The minimum absolute atomic E-state index is 0.297. The maximum absolute atomic E-state index is 12.0. The van der Waals surface area contributed by atoms with Gasteiger partial charge in [0.25, 0.3) is 0 Å². The van der Waals surface area contributed by atoms with Gasteiger partial charge in [-0.1, -0.05) is 24.3 Å². The average molecular weight is 373 g/mol. The zero-order valence-electron chi connectivity index (χ0n) is 15.4. The number of benzene rings is 1. The molecule has 2 fully saturated rings. The fourth-order valence-corrected chi connectivity index (χ4v) is 3.77. The molecule has 0 saturated carbocycles. The number of piperazine rings is 1. The van der Waals surface area contributed by atoms with Crippen LogP contribution in [0.15, 0.2) is 36.2 Å². The normalized spacial score (nSPS) is 21.1. The molecule has 1 unspecified atom stereocenters. The minimum atomic E-state index is -1.19. The summed E-state index contributed by atoms with van der Waals surface area (Å²) in [6.45, 7) is 3.89. The number of rotatable bonds is 6. The SMILES string of the molecule is N/C(=C\N(N)Cc1ccc(CN2CCN3C(=O)CCCC3C2)cc1)C(=O)O. The molecule has 2 heterocycles. The van der Waals surface area contributed by atoms with Crippen LogP contribution < -0.4 is 11.6 Å². The van der Waals surface area contributed by atoms with Crippen LogP contribution in [0.5, 0.6) is 0 Å². The molecular formula is C19H27N5O3. The lowest BCUT2D eigenvalue weighted by Crippen LogP contribution is -2.56. The Morgan fingerprint density at radius 1 is 1.26 bits per heavy atom. The predicted molar refractivity (Wildman–Crippen MR) is 101 cm³/mol. The highest BCUT2D eigenvalue weighted by Gasteiger charge is 2.32. The summed E-state index contributed by atoms with van der Waals surface area (Å²) in [4.78, 5) is 27.2. The minimum Gasteiger partial charge on any atom is -0.477 e. The lowest BCUT2D eigenvalue weighted by atomic mass is 9.98. The van der Waals surface area contributed by atoms with E-state index in [9.17, 15) is 9.59 Å². The van der Waals surface area contributed by atoms with E-state index < -0.39 is 5.97 Å². The zero-order chi connectivity index (χ0) is 19.4. The van der Waals surface area contributed by atoms with Gasteiger partial charge in [0.2, 0.25) is 5.91 Å². The summed E-state index contributed by atoms with van der Waals surface area (Å²) in [6, 6.07) is 8.45. The fraction of sp³-hybridized carbons (Fsp3) is 0.474. The van der Waals surface area contributed by atoms with Crippen molar-refractivity contribution in [1.29, 1.82) is 0 Å². The molecule has 1 aromatic carbocycles. The van der Waals surface area contributed by atoms with Gasteiger partial charge < -0.3 is 20.7 Å². The fourth-order valence-electron chi connectivity index (χ4n) is 3.77. The number of piperidine rings is 1. The third kappa shape index (κ3) is 4.99. The maximum Gasteiger partial charge on any atom is 0.353 e. The highest BCUT2D eigenvalue weighted by Crippen LogP contribution is 2.23.